The number of benzene rings is 3. The van der Waals surface area contributed by atoms with Gasteiger partial charge in [0.25, 0.3) is 0 Å². The number of anilines is 2. The van der Waals surface area contributed by atoms with E-state index in [4.69, 9.17) is 14.2 Å². The summed E-state index contributed by atoms with van der Waals surface area (Å²) in [7, 11) is 1.54. The topological polar surface area (TPSA) is 48.0 Å². The lowest BCUT2D eigenvalue weighted by molar-refractivity contribution is 0.00695. The highest BCUT2D eigenvalue weighted by Crippen LogP contribution is 2.37. The Morgan fingerprint density at radius 3 is 2.14 bits per heavy atom. The van der Waals surface area contributed by atoms with Crippen LogP contribution < -0.4 is 14.4 Å². The van der Waals surface area contributed by atoms with Crippen molar-refractivity contribution in [2.24, 2.45) is 0 Å². The Labute approximate surface area is 205 Å². The molecular formula is C28H31F2NO4. The molecule has 0 bridgehead atoms. The van der Waals surface area contributed by atoms with Crippen LogP contribution in [-0.4, -0.2) is 24.8 Å². The molecule has 3 aromatic carbocycles. The van der Waals surface area contributed by atoms with Crippen molar-refractivity contribution in [3.8, 4) is 11.5 Å². The number of carbonyl (C=O) groups excluding carboxylic acids is 1. The second kappa shape index (κ2) is 10.8. The summed E-state index contributed by atoms with van der Waals surface area (Å²) in [6, 6.07) is 15.8. The van der Waals surface area contributed by atoms with Gasteiger partial charge in [-0.2, -0.15) is 0 Å². The minimum absolute atomic E-state index is 0.0997. The third kappa shape index (κ3) is 6.72. The number of hydrogen-bond donors (Lipinski definition) is 0. The van der Waals surface area contributed by atoms with Crippen molar-refractivity contribution >= 4 is 17.3 Å². The molecule has 0 aliphatic rings. The average molecular weight is 484 g/mol. The maximum Gasteiger partial charge on any atom is 0.338 e. The molecule has 7 heteroatoms. The van der Waals surface area contributed by atoms with Crippen LogP contribution >= 0.6 is 0 Å². The normalized spacial score (nSPS) is 11.3. The highest BCUT2D eigenvalue weighted by molar-refractivity contribution is 5.91. The van der Waals surface area contributed by atoms with Crippen LogP contribution in [0, 0.1) is 11.6 Å². The summed E-state index contributed by atoms with van der Waals surface area (Å²) in [6.07, 6.45) is -0.118. The van der Waals surface area contributed by atoms with Crippen LogP contribution in [0.15, 0.2) is 60.7 Å². The SMILES string of the molecule is COc1ccc(N(Cc2c(F)cccc2F)c2cccc(C(=O)OC(C)(C)C)c2)cc1OC(C)C. The fourth-order valence-electron chi connectivity index (χ4n) is 3.49. The first kappa shape index (κ1) is 26.0. The molecule has 186 valence electrons. The first-order valence-electron chi connectivity index (χ1n) is 11.4. The van der Waals surface area contributed by atoms with Crippen LogP contribution in [-0.2, 0) is 11.3 Å². The van der Waals surface area contributed by atoms with Gasteiger partial charge in [0.1, 0.15) is 17.2 Å². The van der Waals surface area contributed by atoms with E-state index in [0.29, 0.717) is 28.4 Å². The molecule has 0 aliphatic heterocycles. The predicted octanol–water partition coefficient (Wildman–Crippen LogP) is 7.05. The fraction of sp³-hybridized carbons (Fsp3) is 0.321. The van der Waals surface area contributed by atoms with Crippen LogP contribution in [0.4, 0.5) is 20.2 Å². The third-order valence-electron chi connectivity index (χ3n) is 4.99. The Morgan fingerprint density at radius 1 is 0.914 bits per heavy atom. The Hall–Kier alpha value is -3.61. The van der Waals surface area contributed by atoms with Gasteiger partial charge in [0.2, 0.25) is 0 Å². The fourth-order valence-corrected chi connectivity index (χ4v) is 3.49. The maximum absolute atomic E-state index is 14.6. The Morgan fingerprint density at radius 2 is 1.54 bits per heavy atom. The molecule has 0 heterocycles. The third-order valence-corrected chi connectivity index (χ3v) is 4.99. The number of rotatable bonds is 8. The molecule has 0 aromatic heterocycles. The van der Waals surface area contributed by atoms with E-state index in [1.807, 2.05) is 13.8 Å². The molecule has 0 spiro atoms. The lowest BCUT2D eigenvalue weighted by Crippen LogP contribution is -2.24. The van der Waals surface area contributed by atoms with Gasteiger partial charge in [-0.05, 0) is 77.1 Å². The van der Waals surface area contributed by atoms with E-state index in [1.54, 1.807) is 75.2 Å². The summed E-state index contributed by atoms with van der Waals surface area (Å²) in [5, 5.41) is 0. The molecule has 35 heavy (non-hydrogen) atoms. The number of ether oxygens (including phenoxy) is 3. The van der Waals surface area contributed by atoms with Crippen molar-refractivity contribution in [2.75, 3.05) is 12.0 Å². The average Bonchev–Trinajstić information content (AvgIpc) is 2.77. The van der Waals surface area contributed by atoms with Crippen molar-refractivity contribution in [3.05, 3.63) is 83.4 Å². The second-order valence-electron chi connectivity index (χ2n) is 9.34. The summed E-state index contributed by atoms with van der Waals surface area (Å²) >= 11 is 0. The Kier molecular flexibility index (Phi) is 7.99. The van der Waals surface area contributed by atoms with Gasteiger partial charge in [-0.25, -0.2) is 13.6 Å². The lowest BCUT2D eigenvalue weighted by atomic mass is 10.1. The van der Waals surface area contributed by atoms with Crippen molar-refractivity contribution in [1.29, 1.82) is 0 Å². The van der Waals surface area contributed by atoms with Gasteiger partial charge in [-0.15, -0.1) is 0 Å². The van der Waals surface area contributed by atoms with Crippen LogP contribution in [0.5, 0.6) is 11.5 Å². The van der Waals surface area contributed by atoms with Crippen LogP contribution in [0.3, 0.4) is 0 Å². The molecule has 0 fully saturated rings. The van der Waals surface area contributed by atoms with Gasteiger partial charge in [0, 0.05) is 23.0 Å². The number of hydrogen-bond acceptors (Lipinski definition) is 5. The summed E-state index contributed by atoms with van der Waals surface area (Å²) in [6.45, 7) is 9.02. The number of esters is 1. The molecule has 0 saturated carbocycles. The number of halogens is 2. The molecule has 0 aliphatic carbocycles. The number of nitrogens with zero attached hydrogens (tertiary/aromatic N) is 1. The maximum atomic E-state index is 14.6. The number of carbonyl (C=O) groups is 1. The van der Waals surface area contributed by atoms with Gasteiger partial charge in [0.15, 0.2) is 11.5 Å². The largest absolute Gasteiger partial charge is 0.493 e. The van der Waals surface area contributed by atoms with Gasteiger partial charge < -0.3 is 19.1 Å². The first-order chi connectivity index (χ1) is 16.5. The van der Waals surface area contributed by atoms with Crippen LogP contribution in [0.25, 0.3) is 0 Å². The molecule has 3 aromatic rings. The molecule has 5 nitrogen and oxygen atoms in total. The van der Waals surface area contributed by atoms with Crippen molar-refractivity contribution in [1.82, 2.24) is 0 Å². The zero-order chi connectivity index (χ0) is 25.8. The first-order valence-corrected chi connectivity index (χ1v) is 11.4. The molecular weight excluding hydrogens is 452 g/mol. The molecule has 0 unspecified atom stereocenters. The van der Waals surface area contributed by atoms with Gasteiger partial charge in [0.05, 0.1) is 25.3 Å². The van der Waals surface area contributed by atoms with E-state index in [1.165, 1.54) is 18.2 Å². The molecule has 0 saturated heterocycles. The highest BCUT2D eigenvalue weighted by atomic mass is 19.1. The van der Waals surface area contributed by atoms with Crippen molar-refractivity contribution < 1.29 is 27.8 Å². The minimum atomic E-state index is -0.665. The van der Waals surface area contributed by atoms with Crippen LogP contribution in [0.1, 0.15) is 50.5 Å². The Balaban J connectivity index is 2.12. The molecule has 0 atom stereocenters. The summed E-state index contributed by atoms with van der Waals surface area (Å²) < 4.78 is 46.1. The minimum Gasteiger partial charge on any atom is -0.493 e. The van der Waals surface area contributed by atoms with E-state index in [9.17, 15) is 13.6 Å². The van der Waals surface area contributed by atoms with E-state index in [2.05, 4.69) is 0 Å². The number of methoxy groups -OCH3 is 1. The zero-order valence-electron chi connectivity index (χ0n) is 20.9. The Bertz CT molecular complexity index is 1170. The monoisotopic (exact) mass is 483 g/mol. The van der Waals surface area contributed by atoms with E-state index < -0.39 is 23.2 Å². The summed E-state index contributed by atoms with van der Waals surface area (Å²) in [5.41, 5.74) is 0.713. The standard InChI is InChI=1S/C28H31F2NO4/c1-18(2)34-26-16-21(13-14-25(26)33-6)31(17-22-23(29)11-8-12-24(22)30)20-10-7-9-19(15-20)27(32)35-28(3,4)5/h7-16,18H,17H2,1-6H3. The van der Waals surface area contributed by atoms with Crippen molar-refractivity contribution in [3.63, 3.8) is 0 Å². The molecule has 0 amide bonds. The van der Waals surface area contributed by atoms with E-state index in [-0.39, 0.29) is 18.2 Å². The molecule has 0 N–H and O–H groups in total. The van der Waals surface area contributed by atoms with E-state index >= 15 is 0 Å². The van der Waals surface area contributed by atoms with Gasteiger partial charge in [-0.3, -0.25) is 0 Å². The summed E-state index contributed by atoms with van der Waals surface area (Å²) in [4.78, 5) is 14.4. The van der Waals surface area contributed by atoms with Crippen LogP contribution in [0.2, 0.25) is 0 Å². The highest BCUT2D eigenvalue weighted by Gasteiger charge is 2.22. The van der Waals surface area contributed by atoms with Gasteiger partial charge >= 0.3 is 5.97 Å². The zero-order valence-corrected chi connectivity index (χ0v) is 20.9. The molecule has 3 rings (SSSR count). The lowest BCUT2D eigenvalue weighted by Gasteiger charge is -2.27. The van der Waals surface area contributed by atoms with Crippen molar-refractivity contribution in [2.45, 2.75) is 52.9 Å². The molecule has 0 radical (unpaired) electrons. The van der Waals surface area contributed by atoms with E-state index in [0.717, 1.165) is 0 Å². The second-order valence-corrected chi connectivity index (χ2v) is 9.34. The summed E-state index contributed by atoms with van der Waals surface area (Å²) in [5.74, 6) is -0.796. The smallest absolute Gasteiger partial charge is 0.338 e. The predicted molar refractivity (Wildman–Crippen MR) is 133 cm³/mol. The quantitative estimate of drug-likeness (QED) is 0.321. The van der Waals surface area contributed by atoms with Gasteiger partial charge in [-0.1, -0.05) is 12.1 Å².